The zero-order valence-corrected chi connectivity index (χ0v) is 11.0. The summed E-state index contributed by atoms with van der Waals surface area (Å²) in [5, 5.41) is 2.69. The Morgan fingerprint density at radius 2 is 1.78 bits per heavy atom. The van der Waals surface area contributed by atoms with Crippen molar-refractivity contribution in [1.82, 2.24) is 5.32 Å². The van der Waals surface area contributed by atoms with Crippen molar-refractivity contribution >= 4 is 17.5 Å². The van der Waals surface area contributed by atoms with Crippen LogP contribution in [0, 0.1) is 13.8 Å². The molecule has 1 saturated heterocycles. The second-order valence-corrected chi connectivity index (χ2v) is 4.87. The summed E-state index contributed by atoms with van der Waals surface area (Å²) >= 11 is 0. The molecule has 1 fully saturated rings. The average molecular weight is 246 g/mol. The molecule has 1 N–H and O–H groups in total. The van der Waals surface area contributed by atoms with E-state index in [0.717, 1.165) is 16.8 Å². The van der Waals surface area contributed by atoms with E-state index in [9.17, 15) is 9.59 Å². The van der Waals surface area contributed by atoms with Crippen LogP contribution in [0.2, 0.25) is 0 Å². The minimum atomic E-state index is -0.458. The van der Waals surface area contributed by atoms with Crippen LogP contribution in [0.4, 0.5) is 5.69 Å². The third kappa shape index (κ3) is 2.53. The number of benzene rings is 1. The van der Waals surface area contributed by atoms with E-state index in [1.54, 1.807) is 11.8 Å². The van der Waals surface area contributed by atoms with Crippen molar-refractivity contribution in [3.63, 3.8) is 0 Å². The van der Waals surface area contributed by atoms with Crippen LogP contribution in [-0.2, 0) is 9.59 Å². The van der Waals surface area contributed by atoms with Crippen LogP contribution in [0.5, 0.6) is 0 Å². The van der Waals surface area contributed by atoms with Gasteiger partial charge in [0.25, 0.3) is 0 Å². The zero-order valence-electron chi connectivity index (χ0n) is 11.0. The summed E-state index contributed by atoms with van der Waals surface area (Å²) in [6, 6.07) is 5.57. The molecule has 2 amide bonds. The van der Waals surface area contributed by atoms with Crippen LogP contribution in [-0.4, -0.2) is 24.4 Å². The number of amides is 2. The van der Waals surface area contributed by atoms with Gasteiger partial charge in [-0.05, 0) is 44.0 Å². The molecule has 0 bridgehead atoms. The second kappa shape index (κ2) is 4.80. The number of hydrogen-bond donors (Lipinski definition) is 1. The van der Waals surface area contributed by atoms with Gasteiger partial charge in [0.1, 0.15) is 6.04 Å². The molecule has 0 aromatic heterocycles. The monoisotopic (exact) mass is 246 g/mol. The fourth-order valence-corrected chi connectivity index (χ4v) is 2.30. The lowest BCUT2D eigenvalue weighted by molar-refractivity contribution is -0.125. The summed E-state index contributed by atoms with van der Waals surface area (Å²) in [5.74, 6) is -0.117. The van der Waals surface area contributed by atoms with Gasteiger partial charge in [0, 0.05) is 18.7 Å². The van der Waals surface area contributed by atoms with Gasteiger partial charge in [-0.1, -0.05) is 6.07 Å². The second-order valence-electron chi connectivity index (χ2n) is 4.87. The molecule has 0 radical (unpaired) electrons. The van der Waals surface area contributed by atoms with Crippen molar-refractivity contribution < 1.29 is 9.59 Å². The topological polar surface area (TPSA) is 49.4 Å². The summed E-state index contributed by atoms with van der Waals surface area (Å²) in [6.45, 7) is 6.18. The van der Waals surface area contributed by atoms with Crippen molar-refractivity contribution in [3.05, 3.63) is 29.3 Å². The Bertz CT molecular complexity index is 476. The van der Waals surface area contributed by atoms with Crippen molar-refractivity contribution in [2.75, 3.05) is 11.4 Å². The quantitative estimate of drug-likeness (QED) is 0.817. The maximum absolute atomic E-state index is 12.2. The van der Waals surface area contributed by atoms with Gasteiger partial charge in [0.05, 0.1) is 0 Å². The van der Waals surface area contributed by atoms with Gasteiger partial charge in [-0.25, -0.2) is 0 Å². The fraction of sp³-hybridized carbons (Fsp3) is 0.429. The number of carbonyl (C=O) groups is 2. The Hall–Kier alpha value is -1.84. The zero-order chi connectivity index (χ0) is 13.3. The molecule has 1 aliphatic heterocycles. The Balaban J connectivity index is 2.35. The number of aryl methyl sites for hydroxylation is 2. The number of nitrogens with one attached hydrogen (secondary N) is 1. The van der Waals surface area contributed by atoms with E-state index in [1.165, 1.54) is 0 Å². The molecule has 0 saturated carbocycles. The summed E-state index contributed by atoms with van der Waals surface area (Å²) in [4.78, 5) is 25.4. The van der Waals surface area contributed by atoms with E-state index in [1.807, 2.05) is 26.0 Å². The fourth-order valence-electron chi connectivity index (χ4n) is 2.30. The molecule has 1 aliphatic rings. The predicted molar refractivity (Wildman–Crippen MR) is 70.5 cm³/mol. The largest absolute Gasteiger partial charge is 0.345 e. The van der Waals surface area contributed by atoms with Gasteiger partial charge in [-0.15, -0.1) is 0 Å². The highest BCUT2D eigenvalue weighted by atomic mass is 16.2. The third-order valence-corrected chi connectivity index (χ3v) is 3.09. The highest BCUT2D eigenvalue weighted by Crippen LogP contribution is 2.21. The summed E-state index contributed by atoms with van der Waals surface area (Å²) in [7, 11) is 0. The smallest absolute Gasteiger partial charge is 0.249 e. The van der Waals surface area contributed by atoms with E-state index < -0.39 is 6.04 Å². The first-order valence-electron chi connectivity index (χ1n) is 6.16. The SMILES string of the molecule is Cc1cc(C)cc(N2CCC(=O)NC(C)C2=O)c1. The first-order chi connectivity index (χ1) is 8.47. The summed E-state index contributed by atoms with van der Waals surface area (Å²) < 4.78 is 0. The standard InChI is InChI=1S/C14H18N2O2/c1-9-6-10(2)8-12(7-9)16-5-4-13(17)15-11(3)14(16)18/h6-8,11H,4-5H2,1-3H3,(H,15,17). The molecule has 1 aromatic rings. The van der Waals surface area contributed by atoms with Crippen molar-refractivity contribution in [1.29, 1.82) is 0 Å². The van der Waals surface area contributed by atoms with Crippen LogP contribution in [0.1, 0.15) is 24.5 Å². The Labute approximate surface area is 107 Å². The molecular weight excluding hydrogens is 228 g/mol. The van der Waals surface area contributed by atoms with E-state index in [-0.39, 0.29) is 11.8 Å². The van der Waals surface area contributed by atoms with Crippen LogP contribution >= 0.6 is 0 Å². The van der Waals surface area contributed by atoms with Crippen molar-refractivity contribution in [3.8, 4) is 0 Å². The normalized spacial score (nSPS) is 20.6. The first kappa shape index (κ1) is 12.6. The van der Waals surface area contributed by atoms with Crippen LogP contribution in [0.15, 0.2) is 18.2 Å². The summed E-state index contributed by atoms with van der Waals surface area (Å²) in [6.07, 6.45) is 0.350. The molecule has 0 aliphatic carbocycles. The van der Waals surface area contributed by atoms with Crippen molar-refractivity contribution in [2.45, 2.75) is 33.2 Å². The molecule has 96 valence electrons. The van der Waals surface area contributed by atoms with Crippen LogP contribution in [0.3, 0.4) is 0 Å². The Morgan fingerprint density at radius 1 is 1.17 bits per heavy atom. The average Bonchev–Trinajstić information content (AvgIpc) is 2.38. The number of carbonyl (C=O) groups excluding carboxylic acids is 2. The molecule has 1 aromatic carbocycles. The van der Waals surface area contributed by atoms with E-state index >= 15 is 0 Å². The molecule has 4 heteroatoms. The van der Waals surface area contributed by atoms with Crippen molar-refractivity contribution in [2.24, 2.45) is 0 Å². The molecule has 1 heterocycles. The van der Waals surface area contributed by atoms with E-state index in [2.05, 4.69) is 11.4 Å². The minimum Gasteiger partial charge on any atom is -0.345 e. The number of rotatable bonds is 1. The van der Waals surface area contributed by atoms with Crippen LogP contribution < -0.4 is 10.2 Å². The lowest BCUT2D eigenvalue weighted by Crippen LogP contribution is -2.42. The van der Waals surface area contributed by atoms with E-state index in [4.69, 9.17) is 0 Å². The van der Waals surface area contributed by atoms with Crippen LogP contribution in [0.25, 0.3) is 0 Å². The molecule has 18 heavy (non-hydrogen) atoms. The molecule has 0 spiro atoms. The first-order valence-corrected chi connectivity index (χ1v) is 6.16. The molecule has 1 unspecified atom stereocenters. The highest BCUT2D eigenvalue weighted by Gasteiger charge is 2.27. The molecular formula is C14H18N2O2. The highest BCUT2D eigenvalue weighted by molar-refractivity contribution is 6.01. The lowest BCUT2D eigenvalue weighted by atomic mass is 10.1. The number of hydrogen-bond acceptors (Lipinski definition) is 2. The van der Waals surface area contributed by atoms with Gasteiger partial charge in [0.2, 0.25) is 11.8 Å². The molecule has 4 nitrogen and oxygen atoms in total. The minimum absolute atomic E-state index is 0.0501. The Morgan fingerprint density at radius 3 is 2.39 bits per heavy atom. The van der Waals surface area contributed by atoms with Gasteiger partial charge < -0.3 is 10.2 Å². The third-order valence-electron chi connectivity index (χ3n) is 3.09. The predicted octanol–water partition coefficient (Wildman–Crippen LogP) is 1.54. The number of anilines is 1. The van der Waals surface area contributed by atoms with Gasteiger partial charge >= 0.3 is 0 Å². The maximum Gasteiger partial charge on any atom is 0.249 e. The number of nitrogens with zero attached hydrogens (tertiary/aromatic N) is 1. The maximum atomic E-state index is 12.2. The van der Waals surface area contributed by atoms with Gasteiger partial charge in [-0.2, -0.15) is 0 Å². The van der Waals surface area contributed by atoms with E-state index in [0.29, 0.717) is 13.0 Å². The van der Waals surface area contributed by atoms with Gasteiger partial charge in [-0.3, -0.25) is 9.59 Å². The Kier molecular flexibility index (Phi) is 3.36. The summed E-state index contributed by atoms with van der Waals surface area (Å²) in [5.41, 5.74) is 3.11. The van der Waals surface area contributed by atoms with Gasteiger partial charge in [0.15, 0.2) is 0 Å². The molecule has 2 rings (SSSR count). The lowest BCUT2D eigenvalue weighted by Gasteiger charge is -2.23. The molecule has 1 atom stereocenters.